The Morgan fingerprint density at radius 3 is 3.00 bits per heavy atom. The molecule has 1 aliphatic rings. The van der Waals surface area contributed by atoms with Crippen LogP contribution in [0.25, 0.3) is 10.7 Å². The molecular formula is C16H22N4S. The molecule has 1 aliphatic carbocycles. The standard InChI is InChI=1S/C16H22N4S/c1-12(20(2)14-6-7-14)9-17-10-13-11-21-16(19-13)15-5-3-4-8-18-15/h3-5,8,11-12,14,17H,6-7,9-10H2,1-2H3. The van der Waals surface area contributed by atoms with Gasteiger partial charge in [-0.25, -0.2) is 4.98 Å². The van der Waals surface area contributed by atoms with Gasteiger partial charge in [0.05, 0.1) is 11.4 Å². The minimum absolute atomic E-state index is 0.575. The lowest BCUT2D eigenvalue weighted by atomic mass is 10.3. The predicted molar refractivity (Wildman–Crippen MR) is 87.3 cm³/mol. The van der Waals surface area contributed by atoms with Crippen LogP contribution in [0.15, 0.2) is 29.8 Å². The molecule has 1 saturated carbocycles. The summed E-state index contributed by atoms with van der Waals surface area (Å²) in [6, 6.07) is 7.32. The number of rotatable bonds is 7. The summed E-state index contributed by atoms with van der Waals surface area (Å²) < 4.78 is 0. The zero-order valence-corrected chi connectivity index (χ0v) is 13.4. The average Bonchev–Trinajstić information content (AvgIpc) is 3.26. The van der Waals surface area contributed by atoms with Crippen LogP contribution in [-0.2, 0) is 6.54 Å². The van der Waals surface area contributed by atoms with Crippen molar-refractivity contribution >= 4 is 11.3 Å². The summed E-state index contributed by atoms with van der Waals surface area (Å²) >= 11 is 1.66. The van der Waals surface area contributed by atoms with Crippen molar-refractivity contribution in [2.75, 3.05) is 13.6 Å². The van der Waals surface area contributed by atoms with Crippen LogP contribution in [0, 0.1) is 0 Å². The summed E-state index contributed by atoms with van der Waals surface area (Å²) in [6.07, 6.45) is 4.53. The molecule has 0 aromatic carbocycles. The third-order valence-corrected chi connectivity index (χ3v) is 4.91. The molecule has 1 unspecified atom stereocenters. The average molecular weight is 302 g/mol. The molecule has 0 saturated heterocycles. The molecule has 1 atom stereocenters. The Balaban J connectivity index is 1.49. The predicted octanol–water partition coefficient (Wildman–Crippen LogP) is 2.78. The maximum absolute atomic E-state index is 4.65. The molecule has 3 rings (SSSR count). The van der Waals surface area contributed by atoms with Crippen molar-refractivity contribution in [3.05, 3.63) is 35.5 Å². The summed E-state index contributed by atoms with van der Waals surface area (Å²) in [5, 5.41) is 6.63. The highest BCUT2D eigenvalue weighted by molar-refractivity contribution is 7.13. The summed E-state index contributed by atoms with van der Waals surface area (Å²) in [5.74, 6) is 0. The number of pyridine rings is 1. The largest absolute Gasteiger partial charge is 0.310 e. The number of nitrogens with zero attached hydrogens (tertiary/aromatic N) is 3. The van der Waals surface area contributed by atoms with E-state index in [0.29, 0.717) is 6.04 Å². The van der Waals surface area contributed by atoms with Crippen molar-refractivity contribution in [3.63, 3.8) is 0 Å². The first kappa shape index (κ1) is 14.6. The SMILES string of the molecule is CC(CNCc1csc(-c2ccccn2)n1)N(C)C1CC1. The molecule has 2 heterocycles. The quantitative estimate of drug-likeness (QED) is 0.854. The molecule has 2 aromatic heterocycles. The second-order valence-corrected chi connectivity index (χ2v) is 6.59. The molecule has 21 heavy (non-hydrogen) atoms. The molecule has 0 aliphatic heterocycles. The zero-order valence-electron chi connectivity index (χ0n) is 12.6. The van der Waals surface area contributed by atoms with Gasteiger partial charge in [0.2, 0.25) is 0 Å². The Bertz CT molecular complexity index is 565. The lowest BCUT2D eigenvalue weighted by Gasteiger charge is -2.24. The third kappa shape index (κ3) is 3.87. The van der Waals surface area contributed by atoms with Crippen LogP contribution >= 0.6 is 11.3 Å². The normalized spacial score (nSPS) is 16.3. The van der Waals surface area contributed by atoms with E-state index in [2.05, 4.69) is 39.5 Å². The summed E-state index contributed by atoms with van der Waals surface area (Å²) in [5.41, 5.74) is 2.05. The minimum Gasteiger partial charge on any atom is -0.310 e. The van der Waals surface area contributed by atoms with Gasteiger partial charge in [-0.1, -0.05) is 6.07 Å². The number of hydrogen-bond acceptors (Lipinski definition) is 5. The van der Waals surface area contributed by atoms with Gasteiger partial charge in [0.15, 0.2) is 0 Å². The molecule has 0 spiro atoms. The first-order valence-corrected chi connectivity index (χ1v) is 8.40. The number of aromatic nitrogens is 2. The first-order valence-electron chi connectivity index (χ1n) is 7.52. The van der Waals surface area contributed by atoms with Gasteiger partial charge >= 0.3 is 0 Å². The van der Waals surface area contributed by atoms with Crippen molar-refractivity contribution in [1.82, 2.24) is 20.2 Å². The van der Waals surface area contributed by atoms with Gasteiger partial charge in [-0.05, 0) is 38.9 Å². The molecule has 0 amide bonds. The minimum atomic E-state index is 0.575. The first-order chi connectivity index (χ1) is 10.2. The van der Waals surface area contributed by atoms with Crippen LogP contribution in [0.5, 0.6) is 0 Å². The highest BCUT2D eigenvalue weighted by Gasteiger charge is 2.28. The molecular weight excluding hydrogens is 280 g/mol. The van der Waals surface area contributed by atoms with Crippen LogP contribution in [0.2, 0.25) is 0 Å². The Hall–Kier alpha value is -1.30. The van der Waals surface area contributed by atoms with Crippen LogP contribution in [-0.4, -0.2) is 40.5 Å². The fourth-order valence-electron chi connectivity index (χ4n) is 2.39. The van der Waals surface area contributed by atoms with E-state index in [1.165, 1.54) is 12.8 Å². The lowest BCUT2D eigenvalue weighted by Crippen LogP contribution is -2.38. The summed E-state index contributed by atoms with van der Waals surface area (Å²) in [7, 11) is 2.23. The van der Waals surface area contributed by atoms with Crippen molar-refractivity contribution in [2.24, 2.45) is 0 Å². The number of likely N-dealkylation sites (N-methyl/N-ethyl adjacent to an activating group) is 1. The maximum Gasteiger partial charge on any atom is 0.142 e. The second-order valence-electron chi connectivity index (χ2n) is 5.74. The van der Waals surface area contributed by atoms with Gasteiger partial charge < -0.3 is 5.32 Å². The highest BCUT2D eigenvalue weighted by Crippen LogP contribution is 2.26. The van der Waals surface area contributed by atoms with Crippen molar-refractivity contribution in [3.8, 4) is 10.7 Å². The smallest absolute Gasteiger partial charge is 0.142 e. The van der Waals surface area contributed by atoms with E-state index in [4.69, 9.17) is 0 Å². The monoisotopic (exact) mass is 302 g/mol. The zero-order chi connectivity index (χ0) is 14.7. The highest BCUT2D eigenvalue weighted by atomic mass is 32.1. The van der Waals surface area contributed by atoms with E-state index in [9.17, 15) is 0 Å². The van der Waals surface area contributed by atoms with E-state index in [0.717, 1.165) is 35.5 Å². The molecule has 1 N–H and O–H groups in total. The van der Waals surface area contributed by atoms with Crippen molar-refractivity contribution in [2.45, 2.75) is 38.4 Å². The fraction of sp³-hybridized carbons (Fsp3) is 0.500. The Morgan fingerprint density at radius 1 is 1.43 bits per heavy atom. The van der Waals surface area contributed by atoms with E-state index in [1.807, 2.05) is 24.4 Å². The molecule has 1 fully saturated rings. The molecule has 2 aromatic rings. The summed E-state index contributed by atoms with van der Waals surface area (Å²) in [6.45, 7) is 4.11. The van der Waals surface area contributed by atoms with Crippen LogP contribution in [0.1, 0.15) is 25.5 Å². The topological polar surface area (TPSA) is 41.1 Å². The van der Waals surface area contributed by atoms with Crippen LogP contribution < -0.4 is 5.32 Å². The third-order valence-electron chi connectivity index (χ3n) is 4.00. The number of thiazole rings is 1. The Morgan fingerprint density at radius 2 is 2.29 bits per heavy atom. The fourth-order valence-corrected chi connectivity index (χ4v) is 3.19. The van der Waals surface area contributed by atoms with Crippen LogP contribution in [0.4, 0.5) is 0 Å². The molecule has 112 valence electrons. The van der Waals surface area contributed by atoms with Gasteiger partial charge in [-0.2, -0.15) is 0 Å². The molecule has 4 nitrogen and oxygen atoms in total. The van der Waals surface area contributed by atoms with E-state index in [-0.39, 0.29) is 0 Å². The van der Waals surface area contributed by atoms with Gasteiger partial charge in [-0.15, -0.1) is 11.3 Å². The van der Waals surface area contributed by atoms with Crippen molar-refractivity contribution in [1.29, 1.82) is 0 Å². The number of nitrogens with one attached hydrogen (secondary N) is 1. The second kappa shape index (κ2) is 6.64. The van der Waals surface area contributed by atoms with Gasteiger partial charge in [0.1, 0.15) is 5.01 Å². The molecule has 5 heteroatoms. The van der Waals surface area contributed by atoms with Gasteiger partial charge in [0, 0.05) is 36.8 Å². The maximum atomic E-state index is 4.65. The van der Waals surface area contributed by atoms with Gasteiger partial charge in [-0.3, -0.25) is 9.88 Å². The molecule has 0 radical (unpaired) electrons. The van der Waals surface area contributed by atoms with Crippen molar-refractivity contribution < 1.29 is 0 Å². The Kier molecular flexibility index (Phi) is 4.63. The Labute approximate surface area is 130 Å². The summed E-state index contributed by atoms with van der Waals surface area (Å²) in [4.78, 5) is 11.5. The van der Waals surface area contributed by atoms with Crippen LogP contribution in [0.3, 0.4) is 0 Å². The molecule has 0 bridgehead atoms. The van der Waals surface area contributed by atoms with E-state index in [1.54, 1.807) is 11.3 Å². The lowest BCUT2D eigenvalue weighted by molar-refractivity contribution is 0.241. The number of hydrogen-bond donors (Lipinski definition) is 1. The van der Waals surface area contributed by atoms with E-state index >= 15 is 0 Å². The van der Waals surface area contributed by atoms with E-state index < -0.39 is 0 Å². The van der Waals surface area contributed by atoms with Gasteiger partial charge in [0.25, 0.3) is 0 Å².